The van der Waals surface area contributed by atoms with Crippen LogP contribution in [0.5, 0.6) is 17.2 Å². The van der Waals surface area contributed by atoms with Crippen molar-refractivity contribution >= 4 is 15.7 Å². The highest BCUT2D eigenvalue weighted by Gasteiger charge is 2.30. The molecule has 2 rings (SSSR count). The van der Waals surface area contributed by atoms with Crippen LogP contribution in [0.15, 0.2) is 41.3 Å². The average Bonchev–Trinajstić information content (AvgIpc) is 2.59. The van der Waals surface area contributed by atoms with Crippen molar-refractivity contribution in [2.24, 2.45) is 0 Å². The third-order valence-corrected chi connectivity index (χ3v) is 4.81. The monoisotopic (exact) mass is 391 g/mol. The predicted molar refractivity (Wildman–Crippen MR) is 88.4 cm³/mol. The quantitative estimate of drug-likeness (QED) is 0.816. The lowest BCUT2D eigenvalue weighted by atomic mass is 10.2. The summed E-state index contributed by atoms with van der Waals surface area (Å²) in [5, 5.41) is 0. The summed E-state index contributed by atoms with van der Waals surface area (Å²) in [5.74, 6) is 0.710. The van der Waals surface area contributed by atoms with Gasteiger partial charge in [-0.15, -0.1) is 0 Å². The van der Waals surface area contributed by atoms with Gasteiger partial charge >= 0.3 is 6.18 Å². The number of anilines is 1. The molecule has 10 heteroatoms. The van der Waals surface area contributed by atoms with Gasteiger partial charge in [0.1, 0.15) is 0 Å². The lowest BCUT2D eigenvalue weighted by Crippen LogP contribution is -2.14. The number of ether oxygens (including phenoxy) is 3. The molecule has 0 saturated carbocycles. The van der Waals surface area contributed by atoms with Gasteiger partial charge in [0.15, 0.2) is 11.5 Å². The van der Waals surface area contributed by atoms with Gasteiger partial charge in [-0.25, -0.2) is 8.42 Å². The van der Waals surface area contributed by atoms with Gasteiger partial charge in [-0.1, -0.05) is 0 Å². The van der Waals surface area contributed by atoms with Gasteiger partial charge in [0.2, 0.25) is 5.75 Å². The number of alkyl halides is 3. The molecule has 0 amide bonds. The van der Waals surface area contributed by atoms with E-state index in [1.54, 1.807) is 0 Å². The third kappa shape index (κ3) is 4.13. The van der Waals surface area contributed by atoms with Crippen molar-refractivity contribution in [2.75, 3.05) is 26.1 Å². The Bertz CT molecular complexity index is 855. The molecule has 0 saturated heterocycles. The van der Waals surface area contributed by atoms with Crippen molar-refractivity contribution in [2.45, 2.75) is 11.1 Å². The number of rotatable bonds is 6. The third-order valence-electron chi connectivity index (χ3n) is 3.41. The zero-order chi connectivity index (χ0) is 19.5. The van der Waals surface area contributed by atoms with Gasteiger partial charge in [-0.05, 0) is 24.3 Å². The second-order valence-electron chi connectivity index (χ2n) is 5.04. The molecule has 142 valence electrons. The van der Waals surface area contributed by atoms with Crippen LogP contribution in [-0.4, -0.2) is 29.7 Å². The largest absolute Gasteiger partial charge is 0.493 e. The minimum atomic E-state index is -4.55. The number of hydrogen-bond acceptors (Lipinski definition) is 5. The number of sulfonamides is 1. The molecule has 0 atom stereocenters. The molecule has 0 spiro atoms. The van der Waals surface area contributed by atoms with Crippen LogP contribution in [0, 0.1) is 0 Å². The fourth-order valence-electron chi connectivity index (χ4n) is 2.18. The van der Waals surface area contributed by atoms with Gasteiger partial charge in [-0.3, -0.25) is 4.72 Å². The summed E-state index contributed by atoms with van der Waals surface area (Å²) in [7, 11) is 0.0139. The first-order valence-corrected chi connectivity index (χ1v) is 8.60. The highest BCUT2D eigenvalue weighted by atomic mass is 32.2. The van der Waals surface area contributed by atoms with Gasteiger partial charge in [-0.2, -0.15) is 13.2 Å². The number of nitrogens with one attached hydrogen (secondary N) is 1. The van der Waals surface area contributed by atoms with Crippen molar-refractivity contribution in [1.82, 2.24) is 0 Å². The minimum absolute atomic E-state index is 0.0967. The van der Waals surface area contributed by atoms with Crippen LogP contribution in [0.25, 0.3) is 0 Å². The van der Waals surface area contributed by atoms with E-state index < -0.39 is 21.8 Å². The Labute approximate surface area is 148 Å². The van der Waals surface area contributed by atoms with Gasteiger partial charge in [0.25, 0.3) is 10.0 Å². The fraction of sp³-hybridized carbons (Fsp3) is 0.250. The van der Waals surface area contributed by atoms with Gasteiger partial charge in [0.05, 0.1) is 37.5 Å². The van der Waals surface area contributed by atoms with E-state index in [9.17, 15) is 21.6 Å². The van der Waals surface area contributed by atoms with E-state index in [0.29, 0.717) is 12.1 Å². The standard InChI is InChI=1S/C16H16F3NO5S/c1-23-13-8-11(9-14(24-2)15(13)25-3)20-26(21,22)12-6-4-10(5-7-12)16(17,18)19/h4-9,20H,1-3H3. The van der Waals surface area contributed by atoms with Crippen molar-refractivity contribution in [3.63, 3.8) is 0 Å². The minimum Gasteiger partial charge on any atom is -0.493 e. The average molecular weight is 391 g/mol. The van der Waals surface area contributed by atoms with E-state index in [1.807, 2.05) is 0 Å². The second-order valence-corrected chi connectivity index (χ2v) is 6.72. The summed E-state index contributed by atoms with van der Waals surface area (Å²) in [5.41, 5.74) is -0.844. The molecule has 0 aliphatic heterocycles. The molecule has 2 aromatic rings. The molecule has 6 nitrogen and oxygen atoms in total. The molecule has 0 unspecified atom stereocenters. The van der Waals surface area contributed by atoms with E-state index in [2.05, 4.69) is 4.72 Å². The zero-order valence-electron chi connectivity index (χ0n) is 14.0. The Morgan fingerprint density at radius 3 is 1.77 bits per heavy atom. The molecule has 0 fully saturated rings. The van der Waals surface area contributed by atoms with Crippen molar-refractivity contribution in [1.29, 1.82) is 0 Å². The van der Waals surface area contributed by atoms with E-state index in [0.717, 1.165) is 12.1 Å². The van der Waals surface area contributed by atoms with Crippen LogP contribution < -0.4 is 18.9 Å². The van der Waals surface area contributed by atoms with Crippen LogP contribution in [0.1, 0.15) is 5.56 Å². The molecule has 0 aliphatic carbocycles. The maximum atomic E-state index is 12.6. The normalized spacial score (nSPS) is 11.8. The molecule has 0 aliphatic rings. The van der Waals surface area contributed by atoms with Gasteiger partial charge in [0, 0.05) is 12.1 Å². The Morgan fingerprint density at radius 2 is 1.38 bits per heavy atom. The summed E-state index contributed by atoms with van der Waals surface area (Å²) in [6.45, 7) is 0. The molecule has 0 radical (unpaired) electrons. The first-order valence-electron chi connectivity index (χ1n) is 7.12. The maximum Gasteiger partial charge on any atom is 0.416 e. The molecule has 0 aromatic heterocycles. The van der Waals surface area contributed by atoms with Crippen LogP contribution in [0.3, 0.4) is 0 Å². The first-order chi connectivity index (χ1) is 12.1. The second kappa shape index (κ2) is 7.32. The maximum absolute atomic E-state index is 12.6. The molecular weight excluding hydrogens is 375 g/mol. The highest BCUT2D eigenvalue weighted by Crippen LogP contribution is 2.40. The van der Waals surface area contributed by atoms with Gasteiger partial charge < -0.3 is 14.2 Å². The number of hydrogen-bond donors (Lipinski definition) is 1. The molecular formula is C16H16F3NO5S. The molecule has 0 heterocycles. The highest BCUT2D eigenvalue weighted by molar-refractivity contribution is 7.92. The van der Waals surface area contributed by atoms with Crippen molar-refractivity contribution in [3.05, 3.63) is 42.0 Å². The lowest BCUT2D eigenvalue weighted by molar-refractivity contribution is -0.137. The summed E-state index contributed by atoms with van der Waals surface area (Å²) >= 11 is 0. The number of methoxy groups -OCH3 is 3. The SMILES string of the molecule is COc1cc(NS(=O)(=O)c2ccc(C(F)(F)F)cc2)cc(OC)c1OC. The van der Waals surface area contributed by atoms with Crippen molar-refractivity contribution in [3.8, 4) is 17.2 Å². The molecule has 0 bridgehead atoms. The van der Waals surface area contributed by atoms with E-state index in [-0.39, 0.29) is 27.8 Å². The van der Waals surface area contributed by atoms with Crippen LogP contribution in [0.4, 0.5) is 18.9 Å². The lowest BCUT2D eigenvalue weighted by Gasteiger charge is -2.15. The summed E-state index contributed by atoms with van der Waals surface area (Å²) in [4.78, 5) is -0.320. The zero-order valence-corrected chi connectivity index (χ0v) is 14.9. The van der Waals surface area contributed by atoms with Crippen molar-refractivity contribution < 1.29 is 35.8 Å². The topological polar surface area (TPSA) is 73.9 Å². The smallest absolute Gasteiger partial charge is 0.416 e. The number of halogens is 3. The van der Waals surface area contributed by atoms with Crippen LogP contribution in [0.2, 0.25) is 0 Å². The van der Waals surface area contributed by atoms with Crippen LogP contribution >= 0.6 is 0 Å². The van der Waals surface area contributed by atoms with E-state index in [4.69, 9.17) is 14.2 Å². The molecule has 2 aromatic carbocycles. The molecule has 26 heavy (non-hydrogen) atoms. The molecule has 1 N–H and O–H groups in total. The van der Waals surface area contributed by atoms with Crippen LogP contribution in [-0.2, 0) is 16.2 Å². The Morgan fingerprint density at radius 1 is 0.885 bits per heavy atom. The summed E-state index contributed by atoms with van der Waals surface area (Å²) < 4.78 is 80.3. The Hall–Kier alpha value is -2.62. The Kier molecular flexibility index (Phi) is 5.55. The predicted octanol–water partition coefficient (Wildman–Crippen LogP) is 3.53. The van der Waals surface area contributed by atoms with E-state index >= 15 is 0 Å². The summed E-state index contributed by atoms with van der Waals surface area (Å²) in [6.07, 6.45) is -4.55. The Balaban J connectivity index is 2.37. The summed E-state index contributed by atoms with van der Waals surface area (Å²) in [6, 6.07) is 5.88. The van der Waals surface area contributed by atoms with E-state index in [1.165, 1.54) is 33.5 Å². The fourth-order valence-corrected chi connectivity index (χ4v) is 3.22. The number of benzene rings is 2. The first kappa shape index (κ1) is 19.7.